The highest BCUT2D eigenvalue weighted by molar-refractivity contribution is 6.10. The number of carbonyl (C=O) groups is 3. The van der Waals surface area contributed by atoms with Crippen LogP contribution in [0.5, 0.6) is 0 Å². The fourth-order valence-corrected chi connectivity index (χ4v) is 4.16. The van der Waals surface area contributed by atoms with Crippen molar-refractivity contribution in [3.05, 3.63) is 65.0 Å². The third-order valence-corrected chi connectivity index (χ3v) is 5.96. The third kappa shape index (κ3) is 3.79. The Morgan fingerprint density at radius 1 is 1.12 bits per heavy atom. The molecule has 4 amide bonds. The molecule has 0 radical (unpaired) electrons. The second kappa shape index (κ2) is 8.02. The van der Waals surface area contributed by atoms with Crippen molar-refractivity contribution in [2.24, 2.45) is 5.73 Å². The molecule has 0 atom stereocenters. The van der Waals surface area contributed by atoms with E-state index in [1.54, 1.807) is 6.07 Å². The van der Waals surface area contributed by atoms with Crippen molar-refractivity contribution in [1.82, 2.24) is 9.80 Å². The summed E-state index contributed by atoms with van der Waals surface area (Å²) in [7, 11) is 0. The lowest BCUT2D eigenvalue weighted by molar-refractivity contribution is -0.161. The molecular weight excluding hydrogens is 458 g/mol. The molecule has 2 fully saturated rings. The summed E-state index contributed by atoms with van der Waals surface area (Å²) in [5, 5.41) is 8.94. The summed E-state index contributed by atoms with van der Waals surface area (Å²) >= 11 is 0. The number of rotatable bonds is 3. The Morgan fingerprint density at radius 3 is 2.29 bits per heavy atom. The van der Waals surface area contributed by atoms with Gasteiger partial charge in [-0.25, -0.2) is 9.18 Å². The van der Waals surface area contributed by atoms with E-state index in [9.17, 15) is 31.9 Å². The zero-order valence-electron chi connectivity index (χ0n) is 17.5. The molecule has 176 valence electrons. The standard InChI is InChI=1S/C22H17F4N5O3/c23-16-7-14(8-27)3-6-17(16)30-10-18(32)31(21(19(30)33)11-29(12-21)20(28)34)9-13-1-4-15(5-2-13)22(24,25)26/h1-7H,9-12H2,(H2,28,34). The predicted molar refractivity (Wildman–Crippen MR) is 109 cm³/mol. The maximum atomic E-state index is 14.6. The molecule has 2 aromatic carbocycles. The van der Waals surface area contributed by atoms with E-state index >= 15 is 0 Å². The lowest BCUT2D eigenvalue weighted by Crippen LogP contribution is -2.81. The van der Waals surface area contributed by atoms with E-state index < -0.39 is 47.5 Å². The van der Waals surface area contributed by atoms with Gasteiger partial charge in [-0.2, -0.15) is 18.4 Å². The normalized spacial score (nSPS) is 17.6. The average molecular weight is 475 g/mol. The highest BCUT2D eigenvalue weighted by Gasteiger charge is 2.60. The van der Waals surface area contributed by atoms with Gasteiger partial charge in [-0.05, 0) is 35.9 Å². The van der Waals surface area contributed by atoms with E-state index in [4.69, 9.17) is 11.0 Å². The molecule has 0 bridgehead atoms. The highest BCUT2D eigenvalue weighted by atomic mass is 19.4. The number of alkyl halides is 3. The molecule has 2 aliphatic heterocycles. The van der Waals surface area contributed by atoms with Crippen LogP contribution in [0.4, 0.5) is 28.0 Å². The minimum atomic E-state index is -4.53. The van der Waals surface area contributed by atoms with E-state index in [0.717, 1.165) is 28.0 Å². The van der Waals surface area contributed by atoms with Crippen LogP contribution in [0.1, 0.15) is 16.7 Å². The van der Waals surface area contributed by atoms with Gasteiger partial charge >= 0.3 is 12.2 Å². The lowest BCUT2D eigenvalue weighted by atomic mass is 9.83. The summed E-state index contributed by atoms with van der Waals surface area (Å²) < 4.78 is 53.2. The zero-order valence-corrected chi connectivity index (χ0v) is 17.5. The maximum Gasteiger partial charge on any atom is 0.416 e. The number of benzene rings is 2. The van der Waals surface area contributed by atoms with Crippen LogP contribution >= 0.6 is 0 Å². The molecule has 34 heavy (non-hydrogen) atoms. The fraction of sp³-hybridized carbons (Fsp3) is 0.273. The van der Waals surface area contributed by atoms with E-state index in [-0.39, 0.29) is 30.9 Å². The molecule has 0 aromatic heterocycles. The molecule has 2 N–H and O–H groups in total. The Morgan fingerprint density at radius 2 is 1.76 bits per heavy atom. The maximum absolute atomic E-state index is 14.6. The molecule has 2 heterocycles. The summed E-state index contributed by atoms with van der Waals surface area (Å²) in [6.07, 6.45) is -4.53. The van der Waals surface area contributed by atoms with Crippen molar-refractivity contribution in [1.29, 1.82) is 5.26 Å². The van der Waals surface area contributed by atoms with Crippen molar-refractivity contribution in [3.8, 4) is 6.07 Å². The Bertz CT molecular complexity index is 1220. The predicted octanol–water partition coefficient (Wildman–Crippen LogP) is 2.22. The van der Waals surface area contributed by atoms with Crippen LogP contribution in [-0.2, 0) is 22.3 Å². The molecule has 0 unspecified atom stereocenters. The van der Waals surface area contributed by atoms with Gasteiger partial charge in [0.25, 0.3) is 5.91 Å². The molecule has 12 heteroatoms. The first-order chi connectivity index (χ1) is 16.0. The van der Waals surface area contributed by atoms with Gasteiger partial charge in [0.2, 0.25) is 5.91 Å². The molecule has 1 spiro atoms. The number of piperazine rings is 1. The van der Waals surface area contributed by atoms with Gasteiger partial charge in [0.05, 0.1) is 36.0 Å². The Labute approximate surface area is 190 Å². The van der Waals surface area contributed by atoms with Crippen LogP contribution in [0.2, 0.25) is 0 Å². The van der Waals surface area contributed by atoms with Gasteiger partial charge in [0.15, 0.2) is 5.54 Å². The van der Waals surface area contributed by atoms with E-state index in [2.05, 4.69) is 0 Å². The SMILES string of the molecule is N#Cc1ccc(N2CC(=O)N(Cc3ccc(C(F)(F)F)cc3)C3(CN(C(N)=O)C3)C2=O)c(F)c1. The number of hydrogen-bond donors (Lipinski definition) is 1. The van der Waals surface area contributed by atoms with Gasteiger partial charge in [0.1, 0.15) is 12.4 Å². The molecule has 8 nitrogen and oxygen atoms in total. The van der Waals surface area contributed by atoms with Gasteiger partial charge in [0, 0.05) is 6.54 Å². The number of amides is 4. The number of urea groups is 1. The first kappa shape index (κ1) is 23.0. The number of hydrogen-bond acceptors (Lipinski definition) is 4. The Balaban J connectivity index is 1.67. The van der Waals surface area contributed by atoms with Crippen LogP contribution < -0.4 is 10.6 Å². The van der Waals surface area contributed by atoms with Crippen LogP contribution in [0.3, 0.4) is 0 Å². The van der Waals surface area contributed by atoms with Gasteiger partial charge < -0.3 is 15.5 Å². The number of nitrogens with two attached hydrogens (primary N) is 1. The van der Waals surface area contributed by atoms with Gasteiger partial charge in [-0.1, -0.05) is 12.1 Å². The van der Waals surface area contributed by atoms with Crippen LogP contribution in [0.15, 0.2) is 42.5 Å². The third-order valence-electron chi connectivity index (χ3n) is 5.96. The number of primary amides is 1. The zero-order chi connectivity index (χ0) is 24.8. The number of nitrogens with zero attached hydrogens (tertiary/aromatic N) is 4. The number of nitriles is 1. The second-order valence-corrected chi connectivity index (χ2v) is 8.07. The fourth-order valence-electron chi connectivity index (χ4n) is 4.16. The second-order valence-electron chi connectivity index (χ2n) is 8.07. The first-order valence-corrected chi connectivity index (χ1v) is 9.99. The van der Waals surface area contributed by atoms with Crippen molar-refractivity contribution < 1.29 is 31.9 Å². The molecule has 4 rings (SSSR count). The quantitative estimate of drug-likeness (QED) is 0.687. The average Bonchev–Trinajstić information content (AvgIpc) is 2.74. The van der Waals surface area contributed by atoms with E-state index in [1.807, 2.05) is 0 Å². The molecule has 2 aliphatic rings. The van der Waals surface area contributed by atoms with Crippen molar-refractivity contribution in [2.75, 3.05) is 24.5 Å². The molecule has 0 saturated carbocycles. The van der Waals surface area contributed by atoms with E-state index in [0.29, 0.717) is 5.56 Å². The van der Waals surface area contributed by atoms with Crippen LogP contribution in [0, 0.1) is 17.1 Å². The van der Waals surface area contributed by atoms with E-state index in [1.165, 1.54) is 29.2 Å². The minimum Gasteiger partial charge on any atom is -0.351 e. The topological polar surface area (TPSA) is 111 Å². The molecule has 2 saturated heterocycles. The molecule has 0 aliphatic carbocycles. The number of likely N-dealkylation sites (tertiary alicyclic amines) is 1. The number of anilines is 1. The lowest BCUT2D eigenvalue weighted by Gasteiger charge is -2.57. The van der Waals surface area contributed by atoms with Gasteiger partial charge in [-0.3, -0.25) is 14.5 Å². The largest absolute Gasteiger partial charge is 0.416 e. The smallest absolute Gasteiger partial charge is 0.351 e. The van der Waals surface area contributed by atoms with Gasteiger partial charge in [-0.15, -0.1) is 0 Å². The minimum absolute atomic E-state index is 0.0271. The van der Waals surface area contributed by atoms with Crippen LogP contribution in [0.25, 0.3) is 0 Å². The summed E-state index contributed by atoms with van der Waals surface area (Å²) in [5.41, 5.74) is 3.02. The molecule has 2 aromatic rings. The number of carbonyl (C=O) groups excluding carboxylic acids is 3. The monoisotopic (exact) mass is 475 g/mol. The number of halogens is 4. The summed E-state index contributed by atoms with van der Waals surface area (Å²) in [6.45, 7) is -1.22. The van der Waals surface area contributed by atoms with Crippen molar-refractivity contribution >= 4 is 23.5 Å². The summed E-state index contributed by atoms with van der Waals surface area (Å²) in [5.74, 6) is -2.13. The first-order valence-electron chi connectivity index (χ1n) is 9.99. The van der Waals surface area contributed by atoms with Crippen molar-refractivity contribution in [3.63, 3.8) is 0 Å². The Hall–Kier alpha value is -4.14. The Kier molecular flexibility index (Phi) is 5.43. The summed E-state index contributed by atoms with van der Waals surface area (Å²) in [6, 6.07) is 8.54. The van der Waals surface area contributed by atoms with Crippen molar-refractivity contribution in [2.45, 2.75) is 18.3 Å². The van der Waals surface area contributed by atoms with Crippen LogP contribution in [-0.4, -0.2) is 52.8 Å². The molecular formula is C22H17F4N5O3. The highest BCUT2D eigenvalue weighted by Crippen LogP contribution is 2.37. The summed E-state index contributed by atoms with van der Waals surface area (Å²) in [4.78, 5) is 41.5.